The van der Waals surface area contributed by atoms with Crippen LogP contribution >= 0.6 is 12.6 Å². The van der Waals surface area contributed by atoms with E-state index in [9.17, 15) is 4.79 Å². The molecule has 0 aliphatic carbocycles. The number of hydrogen-bond acceptors (Lipinski definition) is 3. The Morgan fingerprint density at radius 2 is 2.20 bits per heavy atom. The summed E-state index contributed by atoms with van der Waals surface area (Å²) in [6, 6.07) is 5.40. The second-order valence-electron chi connectivity index (χ2n) is 3.17. The number of carbonyl (C=O) groups is 1. The van der Waals surface area contributed by atoms with Gasteiger partial charge in [0.1, 0.15) is 6.07 Å². The van der Waals surface area contributed by atoms with Gasteiger partial charge in [-0.15, -0.1) is 12.6 Å². The van der Waals surface area contributed by atoms with Gasteiger partial charge >= 0.3 is 5.97 Å². The largest absolute Gasteiger partial charge is 0.481 e. The molecule has 0 amide bonds. The summed E-state index contributed by atoms with van der Waals surface area (Å²) in [6.07, 6.45) is 0.688. The highest BCUT2D eigenvalue weighted by Gasteiger charge is 2.09. The standard InChI is InChI=1S/C11H11NO2S/c1-2-7-3-9(6-12)10(15)4-8(7)5-11(13)14/h3-4,15H,2,5H2,1H3,(H,13,14). The topological polar surface area (TPSA) is 61.1 Å². The van der Waals surface area contributed by atoms with Crippen molar-refractivity contribution in [3.63, 3.8) is 0 Å². The summed E-state index contributed by atoms with van der Waals surface area (Å²) in [5.74, 6) is -0.873. The first-order valence-corrected chi connectivity index (χ1v) is 4.99. The van der Waals surface area contributed by atoms with Crippen molar-refractivity contribution in [1.29, 1.82) is 5.26 Å². The minimum Gasteiger partial charge on any atom is -0.481 e. The zero-order chi connectivity index (χ0) is 11.4. The average molecular weight is 221 g/mol. The van der Waals surface area contributed by atoms with Crippen LogP contribution in [0.1, 0.15) is 23.6 Å². The van der Waals surface area contributed by atoms with E-state index in [2.05, 4.69) is 12.6 Å². The van der Waals surface area contributed by atoms with Gasteiger partial charge in [0.05, 0.1) is 12.0 Å². The SMILES string of the molecule is CCc1cc(C#N)c(S)cc1CC(=O)O. The molecule has 0 saturated heterocycles. The smallest absolute Gasteiger partial charge is 0.307 e. The summed E-state index contributed by atoms with van der Waals surface area (Å²) in [6.45, 7) is 1.93. The van der Waals surface area contributed by atoms with Gasteiger partial charge in [0.15, 0.2) is 0 Å². The first-order valence-electron chi connectivity index (χ1n) is 4.55. The zero-order valence-corrected chi connectivity index (χ0v) is 9.21. The monoisotopic (exact) mass is 221 g/mol. The van der Waals surface area contributed by atoms with Gasteiger partial charge in [-0.2, -0.15) is 5.26 Å². The van der Waals surface area contributed by atoms with Crippen LogP contribution in [0.4, 0.5) is 0 Å². The molecular formula is C11H11NO2S. The Kier molecular flexibility index (Phi) is 3.75. The van der Waals surface area contributed by atoms with Crippen molar-refractivity contribution in [2.24, 2.45) is 0 Å². The summed E-state index contributed by atoms with van der Waals surface area (Å²) in [7, 11) is 0. The molecule has 0 unspecified atom stereocenters. The molecule has 3 nitrogen and oxygen atoms in total. The molecule has 0 spiro atoms. The predicted molar refractivity (Wildman–Crippen MR) is 59.1 cm³/mol. The molecule has 4 heteroatoms. The number of nitrogens with zero attached hydrogens (tertiary/aromatic N) is 1. The third kappa shape index (κ3) is 2.74. The first kappa shape index (κ1) is 11.6. The van der Waals surface area contributed by atoms with Crippen LogP contribution < -0.4 is 0 Å². The van der Waals surface area contributed by atoms with Crippen LogP contribution in [0.15, 0.2) is 17.0 Å². The summed E-state index contributed by atoms with van der Waals surface area (Å²) < 4.78 is 0. The quantitative estimate of drug-likeness (QED) is 0.768. The number of aliphatic carboxylic acids is 1. The Balaban J connectivity index is 3.22. The fourth-order valence-corrected chi connectivity index (χ4v) is 1.69. The fourth-order valence-electron chi connectivity index (χ4n) is 1.42. The van der Waals surface area contributed by atoms with Crippen molar-refractivity contribution in [3.05, 3.63) is 28.8 Å². The Morgan fingerprint density at radius 1 is 1.53 bits per heavy atom. The summed E-state index contributed by atoms with van der Waals surface area (Å²) in [5, 5.41) is 17.5. The van der Waals surface area contributed by atoms with E-state index in [0.29, 0.717) is 16.9 Å². The average Bonchev–Trinajstić information content (AvgIpc) is 2.17. The van der Waals surface area contributed by atoms with Crippen molar-refractivity contribution < 1.29 is 9.90 Å². The molecular weight excluding hydrogens is 210 g/mol. The van der Waals surface area contributed by atoms with Gasteiger partial charge < -0.3 is 5.11 Å². The molecule has 1 rings (SSSR count). The summed E-state index contributed by atoms with van der Waals surface area (Å²) in [5.41, 5.74) is 2.12. The second kappa shape index (κ2) is 4.85. The van der Waals surface area contributed by atoms with E-state index in [0.717, 1.165) is 11.1 Å². The lowest BCUT2D eigenvalue weighted by Gasteiger charge is -2.07. The molecule has 0 saturated carbocycles. The van der Waals surface area contributed by atoms with Gasteiger partial charge in [-0.3, -0.25) is 4.79 Å². The number of nitriles is 1. The molecule has 0 atom stereocenters. The van der Waals surface area contributed by atoms with Crippen molar-refractivity contribution >= 4 is 18.6 Å². The van der Waals surface area contributed by atoms with Crippen molar-refractivity contribution in [2.45, 2.75) is 24.7 Å². The van der Waals surface area contributed by atoms with Gasteiger partial charge in [0.25, 0.3) is 0 Å². The number of benzene rings is 1. The molecule has 1 N–H and O–H groups in total. The van der Waals surface area contributed by atoms with Gasteiger partial charge in [0.2, 0.25) is 0 Å². The fraction of sp³-hybridized carbons (Fsp3) is 0.273. The molecule has 0 aromatic heterocycles. The molecule has 0 heterocycles. The lowest BCUT2D eigenvalue weighted by atomic mass is 10.00. The normalized spacial score (nSPS) is 9.67. The minimum absolute atomic E-state index is 0.0254. The van der Waals surface area contributed by atoms with Crippen LogP contribution in [0.25, 0.3) is 0 Å². The Hall–Kier alpha value is -1.47. The number of aryl methyl sites for hydroxylation is 1. The molecule has 0 fully saturated rings. The summed E-state index contributed by atoms with van der Waals surface area (Å²) >= 11 is 4.14. The highest BCUT2D eigenvalue weighted by molar-refractivity contribution is 7.80. The lowest BCUT2D eigenvalue weighted by molar-refractivity contribution is -0.136. The van der Waals surface area contributed by atoms with Crippen molar-refractivity contribution in [2.75, 3.05) is 0 Å². The Morgan fingerprint density at radius 3 is 2.67 bits per heavy atom. The van der Waals surface area contributed by atoms with Gasteiger partial charge in [0, 0.05) is 4.90 Å². The number of hydrogen-bond donors (Lipinski definition) is 2. The van der Waals surface area contributed by atoms with E-state index >= 15 is 0 Å². The van der Waals surface area contributed by atoms with Gasteiger partial charge in [-0.25, -0.2) is 0 Å². The van der Waals surface area contributed by atoms with Gasteiger partial charge in [-0.1, -0.05) is 6.92 Å². The maximum atomic E-state index is 10.6. The molecule has 1 aromatic carbocycles. The number of thiol groups is 1. The van der Waals surface area contributed by atoms with Crippen molar-refractivity contribution in [1.82, 2.24) is 0 Å². The molecule has 0 aliphatic rings. The van der Waals surface area contributed by atoms with Crippen molar-refractivity contribution in [3.8, 4) is 6.07 Å². The van der Waals surface area contributed by atoms with Crippen LogP contribution in [0.2, 0.25) is 0 Å². The third-order valence-corrected chi connectivity index (χ3v) is 2.53. The van der Waals surface area contributed by atoms with E-state index in [-0.39, 0.29) is 6.42 Å². The van der Waals surface area contributed by atoms with Crippen LogP contribution in [0.3, 0.4) is 0 Å². The maximum Gasteiger partial charge on any atom is 0.307 e. The highest BCUT2D eigenvalue weighted by atomic mass is 32.1. The molecule has 0 radical (unpaired) electrons. The third-order valence-electron chi connectivity index (χ3n) is 2.16. The molecule has 0 aliphatic heterocycles. The lowest BCUT2D eigenvalue weighted by Crippen LogP contribution is -2.04. The van der Waals surface area contributed by atoms with E-state index in [1.54, 1.807) is 12.1 Å². The van der Waals surface area contributed by atoms with Crippen LogP contribution in [0, 0.1) is 11.3 Å². The Labute approximate surface area is 93.8 Å². The summed E-state index contributed by atoms with van der Waals surface area (Å²) in [4.78, 5) is 11.1. The zero-order valence-electron chi connectivity index (χ0n) is 8.32. The first-order chi connectivity index (χ1) is 7.08. The van der Waals surface area contributed by atoms with E-state index < -0.39 is 5.97 Å². The number of carboxylic acids is 1. The van der Waals surface area contributed by atoms with E-state index in [4.69, 9.17) is 10.4 Å². The molecule has 15 heavy (non-hydrogen) atoms. The Bertz CT molecular complexity index is 435. The van der Waals surface area contributed by atoms with Crippen LogP contribution in [0.5, 0.6) is 0 Å². The molecule has 0 bridgehead atoms. The van der Waals surface area contributed by atoms with E-state index in [1.165, 1.54) is 0 Å². The van der Waals surface area contributed by atoms with Gasteiger partial charge in [-0.05, 0) is 29.7 Å². The van der Waals surface area contributed by atoms with Crippen LogP contribution in [-0.2, 0) is 17.6 Å². The molecule has 78 valence electrons. The maximum absolute atomic E-state index is 10.6. The highest BCUT2D eigenvalue weighted by Crippen LogP contribution is 2.20. The predicted octanol–water partition coefficient (Wildman–Crippen LogP) is 2.04. The van der Waals surface area contributed by atoms with E-state index in [1.807, 2.05) is 13.0 Å². The number of rotatable bonds is 3. The molecule has 1 aromatic rings. The number of carboxylic acid groups (broad SMARTS) is 1. The second-order valence-corrected chi connectivity index (χ2v) is 3.66. The van der Waals surface area contributed by atoms with Crippen LogP contribution in [-0.4, -0.2) is 11.1 Å². The minimum atomic E-state index is -0.873.